The second-order valence-electron chi connectivity index (χ2n) is 6.92. The van der Waals surface area contributed by atoms with E-state index in [-0.39, 0.29) is 12.0 Å². The normalized spacial score (nSPS) is 15.2. The van der Waals surface area contributed by atoms with Crippen LogP contribution in [0.4, 0.5) is 0 Å². The molecule has 0 aromatic heterocycles. The molecule has 0 amide bonds. The Balaban J connectivity index is 4.13. The molecule has 0 aliphatic rings. The molecule has 0 spiro atoms. The Morgan fingerprint density at radius 3 is 1.94 bits per heavy atom. The fraction of sp³-hybridized carbons (Fsp3) is 1.00. The highest BCUT2D eigenvalue weighted by Crippen LogP contribution is 2.32. The van der Waals surface area contributed by atoms with E-state index in [1.165, 1.54) is 0 Å². The number of aliphatic hydroxyl groups excluding tert-OH is 1. The number of rotatable bonds is 6. The van der Waals surface area contributed by atoms with Gasteiger partial charge in [-0.15, -0.1) is 0 Å². The van der Waals surface area contributed by atoms with Crippen LogP contribution in [0.1, 0.15) is 60.8 Å². The van der Waals surface area contributed by atoms with Crippen LogP contribution in [0.25, 0.3) is 0 Å². The van der Waals surface area contributed by atoms with Crippen LogP contribution < -0.4 is 0 Å². The van der Waals surface area contributed by atoms with Crippen molar-refractivity contribution >= 4 is 0 Å². The molecule has 0 rings (SSSR count). The molecule has 2 heteroatoms. The molecule has 0 saturated heterocycles. The Morgan fingerprint density at radius 1 is 1.00 bits per heavy atom. The lowest BCUT2D eigenvalue weighted by atomic mass is 9.78. The number of aliphatic hydroxyl groups is 1. The molecule has 98 valence electrons. The molecule has 0 saturated carbocycles. The summed E-state index contributed by atoms with van der Waals surface area (Å²) in [5.41, 5.74) is 0.488. The maximum absolute atomic E-state index is 8.72. The maximum Gasteiger partial charge on any atom is 0.0628 e. The molecule has 0 heterocycles. The van der Waals surface area contributed by atoms with Crippen molar-refractivity contribution in [2.24, 2.45) is 10.8 Å². The summed E-state index contributed by atoms with van der Waals surface area (Å²) in [6.07, 6.45) is 3.17. The van der Waals surface area contributed by atoms with Crippen molar-refractivity contribution in [1.29, 1.82) is 0 Å². The first kappa shape index (κ1) is 15.9. The van der Waals surface area contributed by atoms with Crippen LogP contribution in [0.2, 0.25) is 0 Å². The average Bonchev–Trinajstić information content (AvgIpc) is 2.06. The van der Waals surface area contributed by atoms with Gasteiger partial charge in [0.2, 0.25) is 0 Å². The summed E-state index contributed by atoms with van der Waals surface area (Å²) >= 11 is 0. The lowest BCUT2D eigenvalue weighted by Gasteiger charge is -2.35. The lowest BCUT2D eigenvalue weighted by Crippen LogP contribution is -2.33. The Hall–Kier alpha value is -0.0800. The number of hydrogen-bond acceptors (Lipinski definition) is 2. The Kier molecular flexibility index (Phi) is 6.57. The van der Waals surface area contributed by atoms with Gasteiger partial charge >= 0.3 is 0 Å². The average molecular weight is 230 g/mol. The second-order valence-corrected chi connectivity index (χ2v) is 6.92. The Morgan fingerprint density at radius 2 is 1.56 bits per heavy atom. The first-order valence-corrected chi connectivity index (χ1v) is 6.39. The molecule has 1 unspecified atom stereocenters. The van der Waals surface area contributed by atoms with E-state index in [1.54, 1.807) is 0 Å². The fourth-order valence-electron chi connectivity index (χ4n) is 1.61. The third kappa shape index (κ3) is 8.12. The van der Waals surface area contributed by atoms with Crippen molar-refractivity contribution in [3.05, 3.63) is 0 Å². The molecule has 0 bridgehead atoms. The summed E-state index contributed by atoms with van der Waals surface area (Å²) in [4.78, 5) is 0. The molecule has 1 N–H and O–H groups in total. The van der Waals surface area contributed by atoms with Gasteiger partial charge in [0.25, 0.3) is 0 Å². The van der Waals surface area contributed by atoms with Crippen LogP contribution in [0.5, 0.6) is 0 Å². The van der Waals surface area contributed by atoms with E-state index in [9.17, 15) is 0 Å². The summed E-state index contributed by atoms with van der Waals surface area (Å²) in [6, 6.07) is 0. The molecule has 0 aliphatic carbocycles. The summed E-state index contributed by atoms with van der Waals surface area (Å²) in [5, 5.41) is 8.72. The number of hydrogen-bond donors (Lipinski definition) is 1. The standard InChI is InChI=1S/C14H30O2/c1-13(2,3)11-12(14(4,5)6)16-10-8-7-9-15/h12,15H,7-11H2,1-6H3. The van der Waals surface area contributed by atoms with E-state index in [2.05, 4.69) is 41.5 Å². The van der Waals surface area contributed by atoms with Crippen molar-refractivity contribution in [2.75, 3.05) is 13.2 Å². The van der Waals surface area contributed by atoms with Crippen LogP contribution >= 0.6 is 0 Å². The quantitative estimate of drug-likeness (QED) is 0.706. The fourth-order valence-corrected chi connectivity index (χ4v) is 1.61. The highest BCUT2D eigenvalue weighted by atomic mass is 16.5. The highest BCUT2D eigenvalue weighted by molar-refractivity contribution is 4.79. The van der Waals surface area contributed by atoms with Gasteiger partial charge in [0.1, 0.15) is 0 Å². The predicted octanol–water partition coefficient (Wildman–Crippen LogP) is 3.63. The van der Waals surface area contributed by atoms with Gasteiger partial charge in [0.15, 0.2) is 0 Å². The molecule has 1 atom stereocenters. The van der Waals surface area contributed by atoms with Crippen LogP contribution in [-0.4, -0.2) is 24.4 Å². The van der Waals surface area contributed by atoms with Gasteiger partial charge in [-0.3, -0.25) is 0 Å². The van der Waals surface area contributed by atoms with Crippen molar-refractivity contribution < 1.29 is 9.84 Å². The lowest BCUT2D eigenvalue weighted by molar-refractivity contribution is -0.0422. The summed E-state index contributed by atoms with van der Waals surface area (Å²) < 4.78 is 5.97. The zero-order chi connectivity index (χ0) is 12.8. The molecule has 0 fully saturated rings. The van der Waals surface area contributed by atoms with Gasteiger partial charge < -0.3 is 9.84 Å². The van der Waals surface area contributed by atoms with E-state index in [1.807, 2.05) is 0 Å². The van der Waals surface area contributed by atoms with Crippen molar-refractivity contribution in [1.82, 2.24) is 0 Å². The third-order valence-electron chi connectivity index (χ3n) is 2.64. The number of unbranched alkanes of at least 4 members (excludes halogenated alkanes) is 1. The SMILES string of the molecule is CC(C)(C)CC(OCCCCO)C(C)(C)C. The van der Waals surface area contributed by atoms with Crippen molar-refractivity contribution in [3.8, 4) is 0 Å². The molecular formula is C14H30O2. The molecule has 0 aromatic rings. The van der Waals surface area contributed by atoms with Gasteiger partial charge in [-0.2, -0.15) is 0 Å². The zero-order valence-electron chi connectivity index (χ0n) is 12.0. The Bertz CT molecular complexity index is 174. The van der Waals surface area contributed by atoms with E-state index in [0.29, 0.717) is 11.5 Å². The maximum atomic E-state index is 8.72. The van der Waals surface area contributed by atoms with Gasteiger partial charge in [-0.05, 0) is 30.1 Å². The van der Waals surface area contributed by atoms with Crippen molar-refractivity contribution in [3.63, 3.8) is 0 Å². The first-order valence-electron chi connectivity index (χ1n) is 6.39. The molecule has 0 radical (unpaired) electrons. The zero-order valence-corrected chi connectivity index (χ0v) is 12.0. The first-order chi connectivity index (χ1) is 7.17. The molecule has 2 nitrogen and oxygen atoms in total. The van der Waals surface area contributed by atoms with Crippen LogP contribution in [0, 0.1) is 10.8 Å². The largest absolute Gasteiger partial charge is 0.396 e. The second kappa shape index (κ2) is 6.61. The Labute approximate surface area is 101 Å². The third-order valence-corrected chi connectivity index (χ3v) is 2.64. The predicted molar refractivity (Wildman–Crippen MR) is 69.6 cm³/mol. The molecule has 0 aliphatic heterocycles. The van der Waals surface area contributed by atoms with E-state index in [0.717, 1.165) is 25.9 Å². The monoisotopic (exact) mass is 230 g/mol. The highest BCUT2D eigenvalue weighted by Gasteiger charge is 2.29. The van der Waals surface area contributed by atoms with Crippen LogP contribution in [-0.2, 0) is 4.74 Å². The molecule has 16 heavy (non-hydrogen) atoms. The number of ether oxygens (including phenoxy) is 1. The van der Waals surface area contributed by atoms with Crippen LogP contribution in [0.3, 0.4) is 0 Å². The molecular weight excluding hydrogens is 200 g/mol. The topological polar surface area (TPSA) is 29.5 Å². The summed E-state index contributed by atoms with van der Waals surface area (Å²) in [5.74, 6) is 0. The van der Waals surface area contributed by atoms with E-state index < -0.39 is 0 Å². The molecule has 0 aromatic carbocycles. The van der Waals surface area contributed by atoms with Crippen molar-refractivity contribution in [2.45, 2.75) is 66.9 Å². The minimum Gasteiger partial charge on any atom is -0.396 e. The van der Waals surface area contributed by atoms with Gasteiger partial charge in [-0.1, -0.05) is 41.5 Å². The summed E-state index contributed by atoms with van der Waals surface area (Å²) in [7, 11) is 0. The van der Waals surface area contributed by atoms with E-state index >= 15 is 0 Å². The smallest absolute Gasteiger partial charge is 0.0628 e. The van der Waals surface area contributed by atoms with Crippen LogP contribution in [0.15, 0.2) is 0 Å². The summed E-state index contributed by atoms with van der Waals surface area (Å²) in [6.45, 7) is 14.5. The minimum atomic E-state index is 0.187. The minimum absolute atomic E-state index is 0.187. The van der Waals surface area contributed by atoms with Gasteiger partial charge in [-0.25, -0.2) is 0 Å². The van der Waals surface area contributed by atoms with Gasteiger partial charge in [0, 0.05) is 13.2 Å². The van der Waals surface area contributed by atoms with Gasteiger partial charge in [0.05, 0.1) is 6.10 Å². The van der Waals surface area contributed by atoms with E-state index in [4.69, 9.17) is 9.84 Å².